The molecule has 2 aromatic rings. The first-order chi connectivity index (χ1) is 14.7. The molecule has 0 saturated carbocycles. The fourth-order valence-corrected chi connectivity index (χ4v) is 5.14. The highest BCUT2D eigenvalue weighted by Gasteiger charge is 2.29. The van der Waals surface area contributed by atoms with Gasteiger partial charge in [0.15, 0.2) is 0 Å². The maximum Gasteiger partial charge on any atom is 0.251 e. The standard InChI is InChI=1S/C23H31N3O4S/c1-17-7-5-6-8-21(17)30-16-19(3)24-23(27)20-10-9-18(2)22(15-20)31(28,29)26-13-11-25(4)12-14-26/h5-10,15,19H,11-14,16H2,1-4H3,(H,24,27). The first kappa shape index (κ1) is 23.2. The van der Waals surface area contributed by atoms with Gasteiger partial charge >= 0.3 is 0 Å². The van der Waals surface area contributed by atoms with E-state index in [0.29, 0.717) is 43.9 Å². The molecule has 1 N–H and O–H groups in total. The number of aryl methyl sites for hydroxylation is 2. The molecule has 3 rings (SSSR count). The largest absolute Gasteiger partial charge is 0.491 e. The van der Waals surface area contributed by atoms with Crippen LogP contribution in [0.4, 0.5) is 0 Å². The van der Waals surface area contributed by atoms with Gasteiger partial charge in [-0.15, -0.1) is 0 Å². The van der Waals surface area contributed by atoms with Crippen molar-refractivity contribution in [2.24, 2.45) is 0 Å². The molecule has 0 radical (unpaired) electrons. The summed E-state index contributed by atoms with van der Waals surface area (Å²) in [5.74, 6) is 0.454. The van der Waals surface area contributed by atoms with Gasteiger partial charge in [-0.2, -0.15) is 4.31 Å². The second kappa shape index (κ2) is 9.80. The second-order valence-corrected chi connectivity index (χ2v) is 10.0. The van der Waals surface area contributed by atoms with Crippen molar-refractivity contribution in [1.82, 2.24) is 14.5 Å². The molecule has 31 heavy (non-hydrogen) atoms. The van der Waals surface area contributed by atoms with Crippen LogP contribution in [0.15, 0.2) is 47.4 Å². The monoisotopic (exact) mass is 445 g/mol. The summed E-state index contributed by atoms with van der Waals surface area (Å²) in [5, 5.41) is 2.89. The summed E-state index contributed by atoms with van der Waals surface area (Å²) in [6.07, 6.45) is 0. The number of hydrogen-bond donors (Lipinski definition) is 1. The van der Waals surface area contributed by atoms with Crippen molar-refractivity contribution in [3.05, 3.63) is 59.2 Å². The molecule has 168 valence electrons. The average Bonchev–Trinajstić information content (AvgIpc) is 2.73. The number of nitrogens with zero attached hydrogens (tertiary/aromatic N) is 2. The number of hydrogen-bond acceptors (Lipinski definition) is 5. The zero-order valence-corrected chi connectivity index (χ0v) is 19.4. The van der Waals surface area contributed by atoms with Crippen LogP contribution in [0.2, 0.25) is 0 Å². The van der Waals surface area contributed by atoms with E-state index in [4.69, 9.17) is 4.74 Å². The molecule has 1 saturated heterocycles. The average molecular weight is 446 g/mol. The summed E-state index contributed by atoms with van der Waals surface area (Å²) in [4.78, 5) is 15.1. The minimum Gasteiger partial charge on any atom is -0.491 e. The number of para-hydroxylation sites is 1. The number of nitrogens with one attached hydrogen (secondary N) is 1. The van der Waals surface area contributed by atoms with Crippen molar-refractivity contribution >= 4 is 15.9 Å². The summed E-state index contributed by atoms with van der Waals surface area (Å²) >= 11 is 0. The maximum atomic E-state index is 13.2. The van der Waals surface area contributed by atoms with E-state index < -0.39 is 10.0 Å². The van der Waals surface area contributed by atoms with Crippen LogP contribution in [0.5, 0.6) is 5.75 Å². The molecule has 0 aliphatic carbocycles. The van der Waals surface area contributed by atoms with E-state index in [0.717, 1.165) is 11.3 Å². The number of rotatable bonds is 7. The summed E-state index contributed by atoms with van der Waals surface area (Å²) < 4.78 is 33.6. The fourth-order valence-electron chi connectivity index (χ4n) is 3.47. The predicted molar refractivity (Wildman–Crippen MR) is 121 cm³/mol. The van der Waals surface area contributed by atoms with E-state index >= 15 is 0 Å². The molecular formula is C23H31N3O4S. The third-order valence-corrected chi connectivity index (χ3v) is 7.53. The number of carbonyl (C=O) groups is 1. The van der Waals surface area contributed by atoms with Crippen molar-refractivity contribution in [3.63, 3.8) is 0 Å². The van der Waals surface area contributed by atoms with Crippen molar-refractivity contribution in [2.75, 3.05) is 39.8 Å². The highest BCUT2D eigenvalue weighted by molar-refractivity contribution is 7.89. The lowest BCUT2D eigenvalue weighted by atomic mass is 10.1. The summed E-state index contributed by atoms with van der Waals surface area (Å²) in [6.45, 7) is 8.16. The Morgan fingerprint density at radius 1 is 1.06 bits per heavy atom. The van der Waals surface area contributed by atoms with E-state index in [1.165, 1.54) is 10.4 Å². The number of likely N-dealkylation sites (N-methyl/N-ethyl adjacent to an activating group) is 1. The zero-order chi connectivity index (χ0) is 22.6. The molecule has 1 aliphatic heterocycles. The Labute approximate surface area is 185 Å². The molecule has 2 aromatic carbocycles. The minimum absolute atomic E-state index is 0.188. The highest BCUT2D eigenvalue weighted by atomic mass is 32.2. The van der Waals surface area contributed by atoms with Crippen LogP contribution in [0.25, 0.3) is 0 Å². The lowest BCUT2D eigenvalue weighted by Gasteiger charge is -2.32. The van der Waals surface area contributed by atoms with Gasteiger partial charge in [-0.3, -0.25) is 4.79 Å². The van der Waals surface area contributed by atoms with Crippen molar-refractivity contribution in [2.45, 2.75) is 31.7 Å². The molecule has 0 bridgehead atoms. The van der Waals surface area contributed by atoms with Crippen LogP contribution < -0.4 is 10.1 Å². The third kappa shape index (κ3) is 5.64. The summed E-state index contributed by atoms with van der Waals surface area (Å²) in [5.41, 5.74) is 1.98. The second-order valence-electron chi connectivity index (χ2n) is 8.14. The molecule has 0 spiro atoms. The van der Waals surface area contributed by atoms with Crippen LogP contribution in [-0.4, -0.2) is 69.4 Å². The number of benzene rings is 2. The Morgan fingerprint density at radius 3 is 2.42 bits per heavy atom. The van der Waals surface area contributed by atoms with Gasteiger partial charge in [0, 0.05) is 31.7 Å². The summed E-state index contributed by atoms with van der Waals surface area (Å²) in [6, 6.07) is 12.3. The van der Waals surface area contributed by atoms with Gasteiger partial charge in [-0.05, 0) is 57.1 Å². The lowest BCUT2D eigenvalue weighted by molar-refractivity contribution is 0.0926. The number of piperazine rings is 1. The third-order valence-electron chi connectivity index (χ3n) is 5.49. The van der Waals surface area contributed by atoms with Crippen LogP contribution in [0, 0.1) is 13.8 Å². The molecule has 0 aromatic heterocycles. The number of carbonyl (C=O) groups excluding carboxylic acids is 1. The molecule has 1 atom stereocenters. The van der Waals surface area contributed by atoms with Crippen LogP contribution in [0.3, 0.4) is 0 Å². The van der Waals surface area contributed by atoms with Crippen LogP contribution in [-0.2, 0) is 10.0 Å². The Hall–Kier alpha value is -2.42. The topological polar surface area (TPSA) is 78.9 Å². The molecule has 1 amide bonds. The Kier molecular flexibility index (Phi) is 7.35. The van der Waals surface area contributed by atoms with E-state index in [1.807, 2.05) is 45.2 Å². The first-order valence-electron chi connectivity index (χ1n) is 10.5. The van der Waals surface area contributed by atoms with Gasteiger partial charge in [0.05, 0.1) is 10.9 Å². The molecule has 1 heterocycles. The molecular weight excluding hydrogens is 414 g/mol. The lowest BCUT2D eigenvalue weighted by Crippen LogP contribution is -2.47. The normalized spacial score (nSPS) is 16.6. The van der Waals surface area contributed by atoms with E-state index in [9.17, 15) is 13.2 Å². The van der Waals surface area contributed by atoms with Crippen molar-refractivity contribution < 1.29 is 17.9 Å². The highest BCUT2D eigenvalue weighted by Crippen LogP contribution is 2.23. The van der Waals surface area contributed by atoms with Crippen LogP contribution in [0.1, 0.15) is 28.4 Å². The van der Waals surface area contributed by atoms with Gasteiger partial charge < -0.3 is 15.0 Å². The Morgan fingerprint density at radius 2 is 1.74 bits per heavy atom. The van der Waals surface area contributed by atoms with E-state index in [2.05, 4.69) is 10.2 Å². The van der Waals surface area contributed by atoms with Crippen molar-refractivity contribution in [3.8, 4) is 5.75 Å². The number of amides is 1. The van der Waals surface area contributed by atoms with Crippen LogP contribution >= 0.6 is 0 Å². The zero-order valence-electron chi connectivity index (χ0n) is 18.6. The van der Waals surface area contributed by atoms with E-state index in [1.54, 1.807) is 19.1 Å². The quantitative estimate of drug-likeness (QED) is 0.708. The van der Waals surface area contributed by atoms with Gasteiger partial charge in [-0.1, -0.05) is 24.3 Å². The number of sulfonamides is 1. The molecule has 1 aliphatic rings. The molecule has 7 nitrogen and oxygen atoms in total. The molecule has 1 fully saturated rings. The Bertz CT molecular complexity index is 1030. The SMILES string of the molecule is Cc1ccccc1OCC(C)NC(=O)c1ccc(C)c(S(=O)(=O)N2CCN(C)CC2)c1. The maximum absolute atomic E-state index is 13.2. The predicted octanol–water partition coefficient (Wildman–Crippen LogP) is 2.44. The van der Waals surface area contributed by atoms with E-state index in [-0.39, 0.29) is 16.8 Å². The molecule has 1 unspecified atom stereocenters. The smallest absolute Gasteiger partial charge is 0.251 e. The number of ether oxygens (including phenoxy) is 1. The van der Waals surface area contributed by atoms with Gasteiger partial charge in [0.2, 0.25) is 10.0 Å². The van der Waals surface area contributed by atoms with Gasteiger partial charge in [0.1, 0.15) is 12.4 Å². The van der Waals surface area contributed by atoms with Gasteiger partial charge in [-0.25, -0.2) is 8.42 Å². The fraction of sp³-hybridized carbons (Fsp3) is 0.435. The molecule has 8 heteroatoms. The summed E-state index contributed by atoms with van der Waals surface area (Å²) in [7, 11) is -1.67. The minimum atomic E-state index is -3.65. The Balaban J connectivity index is 1.68. The van der Waals surface area contributed by atoms with Gasteiger partial charge in [0.25, 0.3) is 5.91 Å². The first-order valence-corrected chi connectivity index (χ1v) is 11.9. The van der Waals surface area contributed by atoms with Crippen molar-refractivity contribution in [1.29, 1.82) is 0 Å².